The maximum absolute atomic E-state index is 12.6. The Morgan fingerprint density at radius 3 is 2.35 bits per heavy atom. The van der Waals surface area contributed by atoms with Gasteiger partial charge in [-0.15, -0.1) is 5.06 Å². The zero-order valence-electron chi connectivity index (χ0n) is 15.1. The van der Waals surface area contributed by atoms with Gasteiger partial charge in [0, 0.05) is 11.7 Å². The average molecular weight is 374 g/mol. The van der Waals surface area contributed by atoms with Gasteiger partial charge in [-0.05, 0) is 57.9 Å². The van der Waals surface area contributed by atoms with Crippen molar-refractivity contribution in [2.45, 2.75) is 51.9 Å². The number of hydrogen-bond acceptors (Lipinski definition) is 5. The fraction of sp³-hybridized carbons (Fsp3) is 0.611. The first-order valence-corrected chi connectivity index (χ1v) is 8.54. The molecule has 146 valence electrons. The summed E-state index contributed by atoms with van der Waals surface area (Å²) in [5.41, 5.74) is -0.811. The largest absolute Gasteiger partial charge is 0.416 e. The van der Waals surface area contributed by atoms with Crippen molar-refractivity contribution in [1.29, 1.82) is 0 Å². The third-order valence-corrected chi connectivity index (χ3v) is 4.26. The first-order chi connectivity index (χ1) is 12.0. The lowest BCUT2D eigenvalue weighted by Gasteiger charge is -2.38. The van der Waals surface area contributed by atoms with Crippen LogP contribution in [0.25, 0.3) is 0 Å². The number of hydrogen-bond donors (Lipinski definition) is 2. The molecule has 0 bridgehead atoms. The number of aliphatic hydroxyl groups excluding tert-OH is 1. The summed E-state index contributed by atoms with van der Waals surface area (Å²) < 4.78 is 37.9. The summed E-state index contributed by atoms with van der Waals surface area (Å²) in [6, 6.07) is 4.42. The highest BCUT2D eigenvalue weighted by Crippen LogP contribution is 2.30. The fourth-order valence-corrected chi connectivity index (χ4v) is 2.64. The van der Waals surface area contributed by atoms with E-state index in [4.69, 9.17) is 4.84 Å². The van der Waals surface area contributed by atoms with Gasteiger partial charge in [0.1, 0.15) is 0 Å². The fourth-order valence-electron chi connectivity index (χ4n) is 2.64. The number of benzene rings is 1. The Hall–Kier alpha value is -1.80. The van der Waals surface area contributed by atoms with Crippen LogP contribution in [0.2, 0.25) is 0 Å². The second-order valence-electron chi connectivity index (χ2n) is 7.56. The van der Waals surface area contributed by atoms with Crippen LogP contribution < -0.4 is 5.32 Å². The van der Waals surface area contributed by atoms with E-state index in [0.29, 0.717) is 25.1 Å². The summed E-state index contributed by atoms with van der Waals surface area (Å²) >= 11 is 0. The number of piperidine rings is 1. The Morgan fingerprint density at radius 2 is 1.85 bits per heavy atom. The van der Waals surface area contributed by atoms with Crippen LogP contribution in [0.5, 0.6) is 0 Å². The molecule has 2 rings (SSSR count). The van der Waals surface area contributed by atoms with Gasteiger partial charge in [0.25, 0.3) is 0 Å². The molecule has 0 spiro atoms. The van der Waals surface area contributed by atoms with Crippen molar-refractivity contribution in [2.75, 3.05) is 18.5 Å². The van der Waals surface area contributed by atoms with E-state index in [0.717, 1.165) is 12.1 Å². The Bertz CT molecular complexity index is 612. The van der Waals surface area contributed by atoms with Crippen LogP contribution >= 0.6 is 0 Å². The van der Waals surface area contributed by atoms with E-state index in [-0.39, 0.29) is 18.7 Å². The molecule has 2 atom stereocenters. The number of alkyl halides is 3. The lowest BCUT2D eigenvalue weighted by Crippen LogP contribution is -2.51. The predicted octanol–water partition coefficient (Wildman–Crippen LogP) is 3.45. The molecule has 1 aromatic carbocycles. The molecule has 1 fully saturated rings. The smallest absolute Gasteiger partial charge is 0.395 e. The van der Waals surface area contributed by atoms with Crippen molar-refractivity contribution in [2.24, 2.45) is 5.41 Å². The van der Waals surface area contributed by atoms with Crippen molar-refractivity contribution in [3.63, 3.8) is 0 Å². The van der Waals surface area contributed by atoms with Gasteiger partial charge in [0.15, 0.2) is 0 Å². The molecule has 1 aliphatic heterocycles. The summed E-state index contributed by atoms with van der Waals surface area (Å²) in [6.45, 7) is 5.43. The number of hydroxylamine groups is 2. The molecule has 8 heteroatoms. The molecule has 1 saturated heterocycles. The monoisotopic (exact) mass is 374 g/mol. The van der Waals surface area contributed by atoms with Crippen molar-refractivity contribution >= 4 is 11.7 Å². The summed E-state index contributed by atoms with van der Waals surface area (Å²) in [6.07, 6.45) is -3.06. The predicted molar refractivity (Wildman–Crippen MR) is 91.2 cm³/mol. The van der Waals surface area contributed by atoms with Gasteiger partial charge < -0.3 is 15.3 Å². The topological polar surface area (TPSA) is 61.8 Å². The van der Waals surface area contributed by atoms with Crippen LogP contribution in [-0.2, 0) is 15.8 Å². The molecule has 26 heavy (non-hydrogen) atoms. The summed E-state index contributed by atoms with van der Waals surface area (Å²) in [5, 5.41) is 14.1. The standard InChI is InChI=1S/C18H25F3N2O3/c1-17(2,3)16(25)26-23-10-14(8-9-15(23)11-24)22-13-6-4-12(5-7-13)18(19,20)21/h4-7,14-15,22,24H,8-11H2,1-3H3/t14-,15+/m1/s1. The third-order valence-electron chi connectivity index (χ3n) is 4.26. The number of nitrogens with one attached hydrogen (secondary N) is 1. The van der Waals surface area contributed by atoms with Crippen molar-refractivity contribution in [1.82, 2.24) is 5.06 Å². The molecule has 1 heterocycles. The van der Waals surface area contributed by atoms with E-state index in [2.05, 4.69) is 5.32 Å². The van der Waals surface area contributed by atoms with Gasteiger partial charge in [0.05, 0.1) is 30.2 Å². The Balaban J connectivity index is 2.01. The molecule has 0 radical (unpaired) electrons. The van der Waals surface area contributed by atoms with Crippen LogP contribution in [-0.4, -0.2) is 41.4 Å². The molecule has 2 N–H and O–H groups in total. The normalized spacial score (nSPS) is 22.1. The summed E-state index contributed by atoms with van der Waals surface area (Å²) in [7, 11) is 0. The van der Waals surface area contributed by atoms with Gasteiger partial charge in [-0.2, -0.15) is 13.2 Å². The minimum Gasteiger partial charge on any atom is -0.395 e. The SMILES string of the molecule is CC(C)(C)C(=O)ON1C[C@H](Nc2ccc(C(F)(F)F)cc2)CC[C@H]1CO. The number of carbonyl (C=O) groups excluding carboxylic acids is 1. The van der Waals surface area contributed by atoms with E-state index in [1.807, 2.05) is 0 Å². The first-order valence-electron chi connectivity index (χ1n) is 8.54. The minimum absolute atomic E-state index is 0.109. The number of aliphatic hydroxyl groups is 1. The van der Waals surface area contributed by atoms with E-state index < -0.39 is 23.1 Å². The third kappa shape index (κ3) is 5.35. The minimum atomic E-state index is -4.37. The van der Waals surface area contributed by atoms with E-state index in [9.17, 15) is 23.1 Å². The highest BCUT2D eigenvalue weighted by Gasteiger charge is 2.34. The molecule has 0 saturated carbocycles. The Labute approximate surface area is 151 Å². The summed E-state index contributed by atoms with van der Waals surface area (Å²) in [4.78, 5) is 17.6. The Morgan fingerprint density at radius 1 is 1.23 bits per heavy atom. The summed E-state index contributed by atoms with van der Waals surface area (Å²) in [5.74, 6) is -0.397. The molecule has 1 aromatic rings. The van der Waals surface area contributed by atoms with Crippen LogP contribution in [0.15, 0.2) is 24.3 Å². The lowest BCUT2D eigenvalue weighted by atomic mass is 9.97. The van der Waals surface area contributed by atoms with Gasteiger partial charge in [-0.1, -0.05) is 0 Å². The highest BCUT2D eigenvalue weighted by molar-refractivity contribution is 5.75. The highest BCUT2D eigenvalue weighted by atomic mass is 19.4. The Kier molecular flexibility index (Phi) is 6.18. The van der Waals surface area contributed by atoms with E-state index >= 15 is 0 Å². The molecule has 1 aliphatic rings. The molecule has 0 aliphatic carbocycles. The molecule has 0 aromatic heterocycles. The number of nitrogens with zero attached hydrogens (tertiary/aromatic N) is 1. The van der Waals surface area contributed by atoms with Crippen molar-refractivity contribution in [3.8, 4) is 0 Å². The van der Waals surface area contributed by atoms with E-state index in [1.165, 1.54) is 17.2 Å². The first kappa shape index (κ1) is 20.5. The average Bonchev–Trinajstić information content (AvgIpc) is 2.54. The maximum Gasteiger partial charge on any atom is 0.416 e. The van der Waals surface area contributed by atoms with Crippen LogP contribution in [0.1, 0.15) is 39.2 Å². The molecular weight excluding hydrogens is 349 g/mol. The molecule has 0 unspecified atom stereocenters. The van der Waals surface area contributed by atoms with Crippen LogP contribution in [0, 0.1) is 5.41 Å². The maximum atomic E-state index is 12.6. The lowest BCUT2D eigenvalue weighted by molar-refractivity contribution is -0.221. The van der Waals surface area contributed by atoms with Gasteiger partial charge in [-0.3, -0.25) is 0 Å². The van der Waals surface area contributed by atoms with Gasteiger partial charge in [-0.25, -0.2) is 4.79 Å². The molecule has 0 amide bonds. The second kappa shape index (κ2) is 7.84. The number of carbonyl (C=O) groups is 1. The molecule has 5 nitrogen and oxygen atoms in total. The van der Waals surface area contributed by atoms with Crippen LogP contribution in [0.4, 0.5) is 18.9 Å². The van der Waals surface area contributed by atoms with Crippen molar-refractivity contribution in [3.05, 3.63) is 29.8 Å². The van der Waals surface area contributed by atoms with Gasteiger partial charge >= 0.3 is 12.1 Å². The zero-order valence-corrected chi connectivity index (χ0v) is 15.1. The van der Waals surface area contributed by atoms with Crippen molar-refractivity contribution < 1.29 is 27.9 Å². The second-order valence-corrected chi connectivity index (χ2v) is 7.56. The quantitative estimate of drug-likeness (QED) is 0.845. The van der Waals surface area contributed by atoms with Gasteiger partial charge in [0.2, 0.25) is 0 Å². The molecular formula is C18H25F3N2O3. The number of rotatable bonds is 4. The number of halogens is 3. The van der Waals surface area contributed by atoms with Crippen LogP contribution in [0.3, 0.4) is 0 Å². The number of anilines is 1. The zero-order chi connectivity index (χ0) is 19.5. The van der Waals surface area contributed by atoms with E-state index in [1.54, 1.807) is 20.8 Å².